The van der Waals surface area contributed by atoms with Gasteiger partial charge in [0.1, 0.15) is 16.5 Å². The van der Waals surface area contributed by atoms with Gasteiger partial charge in [-0.15, -0.1) is 0 Å². The highest BCUT2D eigenvalue weighted by atomic mass is 32.2. The van der Waals surface area contributed by atoms with E-state index in [0.717, 1.165) is 6.07 Å². The van der Waals surface area contributed by atoms with Crippen molar-refractivity contribution in [3.63, 3.8) is 0 Å². The van der Waals surface area contributed by atoms with Crippen LogP contribution in [0.2, 0.25) is 0 Å². The summed E-state index contributed by atoms with van der Waals surface area (Å²) >= 11 is 0. The van der Waals surface area contributed by atoms with Crippen LogP contribution in [0.1, 0.15) is 15.9 Å². The Kier molecular flexibility index (Phi) is 6.86. The predicted octanol–water partition coefficient (Wildman–Crippen LogP) is 4.27. The molecule has 0 spiro atoms. The van der Waals surface area contributed by atoms with Crippen LogP contribution in [0.3, 0.4) is 0 Å². The average molecular weight is 523 g/mol. The summed E-state index contributed by atoms with van der Waals surface area (Å²) in [7, 11) is -4.13. The fourth-order valence-corrected chi connectivity index (χ4v) is 5.63. The van der Waals surface area contributed by atoms with E-state index in [2.05, 4.69) is 14.6 Å². The molecule has 190 valence electrons. The van der Waals surface area contributed by atoms with Crippen molar-refractivity contribution in [2.45, 2.75) is 11.4 Å². The molecule has 0 radical (unpaired) electrons. The number of nitrogens with one attached hydrogen (secondary N) is 1. The maximum Gasteiger partial charge on any atom is 0.264 e. The molecule has 0 atom stereocenters. The Bertz CT molecular complexity index is 1570. The lowest BCUT2D eigenvalue weighted by Gasteiger charge is -2.34. The Hall–Kier alpha value is -3.89. The highest BCUT2D eigenvalue weighted by molar-refractivity contribution is 7.93. The van der Waals surface area contributed by atoms with E-state index in [-0.39, 0.29) is 33.4 Å². The Morgan fingerprint density at radius 3 is 2.41 bits per heavy atom. The normalized spacial score (nSPS) is 14.6. The molecule has 1 amide bonds. The second kappa shape index (κ2) is 10.2. The minimum absolute atomic E-state index is 0.0709. The van der Waals surface area contributed by atoms with Crippen LogP contribution in [0.4, 0.5) is 14.5 Å². The Morgan fingerprint density at radius 2 is 1.65 bits per heavy atom. The zero-order chi connectivity index (χ0) is 26.0. The molecule has 37 heavy (non-hydrogen) atoms. The van der Waals surface area contributed by atoms with E-state index in [9.17, 15) is 22.0 Å². The van der Waals surface area contributed by atoms with Gasteiger partial charge in [0.05, 0.1) is 11.2 Å². The summed E-state index contributed by atoms with van der Waals surface area (Å²) in [6, 6.07) is 18.4. The van der Waals surface area contributed by atoms with E-state index in [1.54, 1.807) is 47.4 Å². The smallest absolute Gasteiger partial charge is 0.264 e. The van der Waals surface area contributed by atoms with Gasteiger partial charge in [0.2, 0.25) is 0 Å². The minimum atomic E-state index is -4.13. The van der Waals surface area contributed by atoms with Crippen molar-refractivity contribution in [1.82, 2.24) is 14.8 Å². The fourth-order valence-electron chi connectivity index (χ4n) is 4.38. The third-order valence-corrected chi connectivity index (χ3v) is 7.75. The molecule has 1 fully saturated rings. The molecule has 5 rings (SSSR count). The molecule has 4 aromatic rings. The summed E-state index contributed by atoms with van der Waals surface area (Å²) < 4.78 is 57.1. The van der Waals surface area contributed by atoms with Gasteiger partial charge < -0.3 is 4.90 Å². The molecule has 0 aliphatic carbocycles. The van der Waals surface area contributed by atoms with Crippen LogP contribution in [0.25, 0.3) is 10.9 Å². The number of pyridine rings is 1. The first-order chi connectivity index (χ1) is 17.8. The highest BCUT2D eigenvalue weighted by Gasteiger charge is 2.25. The minimum Gasteiger partial charge on any atom is -0.336 e. The van der Waals surface area contributed by atoms with E-state index in [1.807, 2.05) is 0 Å². The van der Waals surface area contributed by atoms with E-state index < -0.39 is 15.8 Å². The molecule has 1 aromatic heterocycles. The Labute approximate surface area is 213 Å². The maximum atomic E-state index is 14.9. The van der Waals surface area contributed by atoms with E-state index in [4.69, 9.17) is 0 Å². The van der Waals surface area contributed by atoms with Gasteiger partial charge in [0.15, 0.2) is 0 Å². The molecule has 3 aromatic carbocycles. The van der Waals surface area contributed by atoms with Crippen LogP contribution in [0.5, 0.6) is 0 Å². The van der Waals surface area contributed by atoms with Gasteiger partial charge in [0, 0.05) is 55.4 Å². The highest BCUT2D eigenvalue weighted by Crippen LogP contribution is 2.25. The first kappa shape index (κ1) is 24.8. The van der Waals surface area contributed by atoms with Crippen molar-refractivity contribution in [2.24, 2.45) is 0 Å². The Balaban J connectivity index is 1.26. The maximum absolute atomic E-state index is 14.9. The molecule has 1 N–H and O–H groups in total. The van der Waals surface area contributed by atoms with E-state index >= 15 is 0 Å². The topological polar surface area (TPSA) is 82.6 Å². The number of anilines is 1. The molecule has 7 nitrogen and oxygen atoms in total. The first-order valence-corrected chi connectivity index (χ1v) is 13.2. The third-order valence-electron chi connectivity index (χ3n) is 6.36. The number of halogens is 2. The number of rotatable bonds is 6. The van der Waals surface area contributed by atoms with Gasteiger partial charge in [0.25, 0.3) is 15.9 Å². The summed E-state index contributed by atoms with van der Waals surface area (Å²) in [6.45, 7) is 2.39. The lowest BCUT2D eigenvalue weighted by Crippen LogP contribution is -2.48. The van der Waals surface area contributed by atoms with Crippen molar-refractivity contribution in [3.05, 3.63) is 102 Å². The van der Waals surface area contributed by atoms with Crippen LogP contribution in [-0.4, -0.2) is 55.3 Å². The van der Waals surface area contributed by atoms with Crippen LogP contribution in [0, 0.1) is 11.6 Å². The van der Waals surface area contributed by atoms with Gasteiger partial charge in [-0.05, 0) is 36.4 Å². The number of hydrogen-bond donors (Lipinski definition) is 1. The van der Waals surface area contributed by atoms with Crippen LogP contribution in [-0.2, 0) is 16.6 Å². The van der Waals surface area contributed by atoms with Crippen LogP contribution in [0.15, 0.2) is 83.9 Å². The average Bonchev–Trinajstić information content (AvgIpc) is 2.91. The zero-order valence-corrected chi connectivity index (χ0v) is 20.6. The van der Waals surface area contributed by atoms with Gasteiger partial charge in [-0.25, -0.2) is 17.2 Å². The second-order valence-corrected chi connectivity index (χ2v) is 10.4. The number of fused-ring (bicyclic) bond motifs is 1. The zero-order valence-electron chi connectivity index (χ0n) is 19.8. The first-order valence-electron chi connectivity index (χ1n) is 11.7. The summed E-state index contributed by atoms with van der Waals surface area (Å²) in [6.07, 6.45) is 1.49. The summed E-state index contributed by atoms with van der Waals surface area (Å²) in [5.41, 5.74) is 0.731. The molecule has 0 saturated carbocycles. The molecule has 2 heterocycles. The van der Waals surface area contributed by atoms with Crippen molar-refractivity contribution in [2.75, 3.05) is 30.9 Å². The number of nitrogens with zero attached hydrogens (tertiary/aromatic N) is 3. The van der Waals surface area contributed by atoms with Crippen molar-refractivity contribution in [1.29, 1.82) is 0 Å². The number of para-hydroxylation sites is 1. The number of hydrogen-bond acceptors (Lipinski definition) is 5. The number of carbonyl (C=O) groups is 1. The number of benzene rings is 3. The molecule has 10 heteroatoms. The number of aromatic nitrogens is 1. The molecule has 1 aliphatic rings. The Morgan fingerprint density at radius 1 is 0.892 bits per heavy atom. The van der Waals surface area contributed by atoms with Crippen LogP contribution >= 0.6 is 0 Å². The number of carbonyl (C=O) groups excluding carboxylic acids is 1. The van der Waals surface area contributed by atoms with Crippen molar-refractivity contribution in [3.8, 4) is 0 Å². The molecule has 0 bridgehead atoms. The lowest BCUT2D eigenvalue weighted by molar-refractivity contribution is 0.0626. The second-order valence-electron chi connectivity index (χ2n) is 8.79. The fraction of sp³-hybridized carbons (Fsp3) is 0.185. The monoisotopic (exact) mass is 522 g/mol. The van der Waals surface area contributed by atoms with E-state index in [1.165, 1.54) is 30.5 Å². The molecule has 1 aliphatic heterocycles. The lowest BCUT2D eigenvalue weighted by atomic mass is 10.1. The van der Waals surface area contributed by atoms with Gasteiger partial charge in [-0.1, -0.05) is 36.4 Å². The number of amides is 1. The van der Waals surface area contributed by atoms with E-state index in [0.29, 0.717) is 43.7 Å². The largest absolute Gasteiger partial charge is 0.336 e. The summed E-state index contributed by atoms with van der Waals surface area (Å²) in [5, 5.41) is 0.640. The van der Waals surface area contributed by atoms with Gasteiger partial charge in [-0.2, -0.15) is 0 Å². The predicted molar refractivity (Wildman–Crippen MR) is 137 cm³/mol. The standard InChI is InChI=1S/C27H24F2N4O3S/c28-22-8-2-1-5-21(22)18-32-13-15-33(16-14-32)27(34)20-10-11-24(23(29)17-20)31-37(35,36)25-9-3-6-19-7-4-12-30-26(19)25/h1-12,17,31H,13-16,18H2. The SMILES string of the molecule is O=C(c1ccc(NS(=O)(=O)c2cccc3cccnc23)c(F)c1)N1CCN(Cc2ccccc2F)CC1. The quantitative estimate of drug-likeness (QED) is 0.409. The number of piperazine rings is 1. The van der Waals surface area contributed by atoms with Gasteiger partial charge in [-0.3, -0.25) is 19.4 Å². The van der Waals surface area contributed by atoms with Crippen LogP contribution < -0.4 is 4.72 Å². The number of sulfonamides is 1. The summed E-state index contributed by atoms with van der Waals surface area (Å²) in [4.78, 5) is 20.7. The molecular formula is C27H24F2N4O3S. The van der Waals surface area contributed by atoms with Crippen molar-refractivity contribution < 1.29 is 22.0 Å². The van der Waals surface area contributed by atoms with Crippen molar-refractivity contribution >= 4 is 32.5 Å². The summed E-state index contributed by atoms with van der Waals surface area (Å²) in [5.74, 6) is -1.47. The molecular weight excluding hydrogens is 498 g/mol. The molecule has 0 unspecified atom stereocenters. The van der Waals surface area contributed by atoms with Gasteiger partial charge >= 0.3 is 0 Å². The third kappa shape index (κ3) is 5.30. The molecule has 1 saturated heterocycles.